The van der Waals surface area contributed by atoms with E-state index in [0.29, 0.717) is 5.41 Å². The average Bonchev–Trinajstić information content (AvgIpc) is 2.08. The first-order chi connectivity index (χ1) is 6.86. The Hall–Kier alpha value is -0.530. The van der Waals surface area contributed by atoms with Crippen molar-refractivity contribution >= 4 is 5.97 Å². The van der Waals surface area contributed by atoms with Crippen LogP contribution >= 0.6 is 0 Å². The van der Waals surface area contributed by atoms with E-state index >= 15 is 0 Å². The monoisotopic (exact) mass is 210 g/mol. The number of fused-ring (bicyclic) bond motifs is 1. The Bertz CT molecular complexity index is 282. The second kappa shape index (κ2) is 3.23. The van der Waals surface area contributed by atoms with Gasteiger partial charge >= 0.3 is 5.97 Å². The molecule has 2 rings (SSSR count). The molecule has 0 aromatic heterocycles. The molecule has 3 unspecified atom stereocenters. The van der Waals surface area contributed by atoms with E-state index in [4.69, 9.17) is 4.74 Å². The van der Waals surface area contributed by atoms with Crippen molar-refractivity contribution < 1.29 is 9.53 Å². The molecule has 2 fully saturated rings. The van der Waals surface area contributed by atoms with Crippen LogP contribution in [0.2, 0.25) is 0 Å². The number of hydrogen-bond donors (Lipinski definition) is 0. The summed E-state index contributed by atoms with van der Waals surface area (Å²) in [5.74, 6) is 0.617. The van der Waals surface area contributed by atoms with Crippen LogP contribution < -0.4 is 0 Å². The molecule has 15 heavy (non-hydrogen) atoms. The normalized spacial score (nSPS) is 42.7. The summed E-state index contributed by atoms with van der Waals surface area (Å²) in [6.45, 7) is 8.54. The van der Waals surface area contributed by atoms with Gasteiger partial charge in [0, 0.05) is 12.3 Å². The van der Waals surface area contributed by atoms with Gasteiger partial charge in [0.15, 0.2) is 0 Å². The Kier molecular flexibility index (Phi) is 2.36. The van der Waals surface area contributed by atoms with Gasteiger partial charge in [-0.2, -0.15) is 0 Å². The van der Waals surface area contributed by atoms with Crippen molar-refractivity contribution in [1.82, 2.24) is 0 Å². The first-order valence-electron chi connectivity index (χ1n) is 6.03. The van der Waals surface area contributed by atoms with E-state index < -0.39 is 0 Å². The quantitative estimate of drug-likeness (QED) is 0.621. The Morgan fingerprint density at radius 3 is 2.53 bits per heavy atom. The van der Waals surface area contributed by atoms with E-state index in [2.05, 4.69) is 20.8 Å². The fourth-order valence-corrected chi connectivity index (χ4v) is 3.85. The second-order valence-electron chi connectivity index (χ2n) is 6.23. The highest BCUT2D eigenvalue weighted by atomic mass is 16.5. The predicted octanol–water partition coefficient (Wildman–Crippen LogP) is 3.15. The molecule has 0 saturated heterocycles. The molecule has 3 atom stereocenters. The van der Waals surface area contributed by atoms with Gasteiger partial charge in [-0.3, -0.25) is 4.79 Å². The van der Waals surface area contributed by atoms with Crippen LogP contribution in [0.25, 0.3) is 0 Å². The minimum absolute atomic E-state index is 0.122. The highest BCUT2D eigenvalue weighted by molar-refractivity contribution is 5.66. The van der Waals surface area contributed by atoms with Gasteiger partial charge in [0.05, 0.1) is 0 Å². The highest BCUT2D eigenvalue weighted by Crippen LogP contribution is 2.63. The fourth-order valence-electron chi connectivity index (χ4n) is 3.85. The SMILES string of the molecule is CC(=O)OC1CC2C(C)(C)CCCC12C. The summed E-state index contributed by atoms with van der Waals surface area (Å²) < 4.78 is 5.41. The number of carbonyl (C=O) groups excluding carboxylic acids is 1. The molecular formula is C13H22O2. The standard InChI is InChI=1S/C13H22O2/c1-9(14)15-11-8-10-12(2,3)6-5-7-13(10,11)4/h10-11H,5-8H2,1-4H3. The highest BCUT2D eigenvalue weighted by Gasteiger charge is 2.60. The third-order valence-corrected chi connectivity index (χ3v) is 4.77. The lowest BCUT2D eigenvalue weighted by molar-refractivity contribution is -0.207. The van der Waals surface area contributed by atoms with Crippen LogP contribution in [-0.2, 0) is 9.53 Å². The molecule has 0 radical (unpaired) electrons. The lowest BCUT2D eigenvalue weighted by Crippen LogP contribution is -2.60. The molecule has 0 spiro atoms. The molecular weight excluding hydrogens is 188 g/mol. The lowest BCUT2D eigenvalue weighted by atomic mass is 9.45. The van der Waals surface area contributed by atoms with Crippen LogP contribution in [0.4, 0.5) is 0 Å². The van der Waals surface area contributed by atoms with Crippen molar-refractivity contribution in [3.63, 3.8) is 0 Å². The Labute approximate surface area is 92.4 Å². The molecule has 0 aromatic carbocycles. The molecule has 2 saturated carbocycles. The number of carbonyl (C=O) groups is 1. The summed E-state index contributed by atoms with van der Waals surface area (Å²) >= 11 is 0. The van der Waals surface area contributed by atoms with Crippen molar-refractivity contribution in [2.45, 2.75) is 59.5 Å². The molecule has 0 heterocycles. The Balaban J connectivity index is 2.10. The third kappa shape index (κ3) is 1.58. The largest absolute Gasteiger partial charge is 0.462 e. The minimum Gasteiger partial charge on any atom is -0.462 e. The predicted molar refractivity (Wildman–Crippen MR) is 59.4 cm³/mol. The zero-order valence-electron chi connectivity index (χ0n) is 10.3. The second-order valence-corrected chi connectivity index (χ2v) is 6.23. The Morgan fingerprint density at radius 1 is 1.27 bits per heavy atom. The molecule has 0 aliphatic heterocycles. The summed E-state index contributed by atoms with van der Waals surface area (Å²) in [5, 5.41) is 0. The molecule has 0 bridgehead atoms. The number of esters is 1. The van der Waals surface area contributed by atoms with Gasteiger partial charge in [0.2, 0.25) is 0 Å². The minimum atomic E-state index is -0.122. The summed E-state index contributed by atoms with van der Waals surface area (Å²) in [6, 6.07) is 0. The van der Waals surface area contributed by atoms with Crippen molar-refractivity contribution in [3.05, 3.63) is 0 Å². The van der Waals surface area contributed by atoms with Crippen molar-refractivity contribution in [2.75, 3.05) is 0 Å². The van der Waals surface area contributed by atoms with E-state index in [1.54, 1.807) is 0 Å². The zero-order chi connectivity index (χ0) is 11.3. The van der Waals surface area contributed by atoms with E-state index in [1.165, 1.54) is 26.2 Å². The summed E-state index contributed by atoms with van der Waals surface area (Å²) in [7, 11) is 0. The van der Waals surface area contributed by atoms with Gasteiger partial charge in [-0.1, -0.05) is 27.2 Å². The first-order valence-corrected chi connectivity index (χ1v) is 6.03. The summed E-state index contributed by atoms with van der Waals surface area (Å²) in [6.07, 6.45) is 5.07. The van der Waals surface area contributed by atoms with E-state index in [0.717, 1.165) is 12.3 Å². The molecule has 2 heteroatoms. The van der Waals surface area contributed by atoms with Gasteiger partial charge < -0.3 is 4.74 Å². The van der Waals surface area contributed by atoms with Crippen molar-refractivity contribution in [1.29, 1.82) is 0 Å². The lowest BCUT2D eigenvalue weighted by Gasteiger charge is -2.62. The molecule has 0 amide bonds. The summed E-state index contributed by atoms with van der Waals surface area (Å²) in [5.41, 5.74) is 0.692. The van der Waals surface area contributed by atoms with Gasteiger partial charge in [-0.25, -0.2) is 0 Å². The number of hydrogen-bond acceptors (Lipinski definition) is 2. The summed E-state index contributed by atoms with van der Waals surface area (Å²) in [4.78, 5) is 11.0. The molecule has 2 nitrogen and oxygen atoms in total. The molecule has 0 N–H and O–H groups in total. The first kappa shape index (κ1) is 11.0. The maximum absolute atomic E-state index is 11.0. The topological polar surface area (TPSA) is 26.3 Å². The average molecular weight is 210 g/mol. The van der Waals surface area contributed by atoms with Crippen LogP contribution in [0, 0.1) is 16.7 Å². The zero-order valence-corrected chi connectivity index (χ0v) is 10.3. The maximum atomic E-state index is 11.0. The molecule has 2 aliphatic rings. The smallest absolute Gasteiger partial charge is 0.302 e. The fraction of sp³-hybridized carbons (Fsp3) is 0.923. The van der Waals surface area contributed by atoms with E-state index in [1.807, 2.05) is 0 Å². The van der Waals surface area contributed by atoms with Crippen LogP contribution in [0.5, 0.6) is 0 Å². The molecule has 86 valence electrons. The van der Waals surface area contributed by atoms with Crippen LogP contribution in [0.3, 0.4) is 0 Å². The third-order valence-electron chi connectivity index (χ3n) is 4.77. The van der Waals surface area contributed by atoms with Gasteiger partial charge in [-0.05, 0) is 30.6 Å². The van der Waals surface area contributed by atoms with Crippen molar-refractivity contribution in [2.24, 2.45) is 16.7 Å². The van der Waals surface area contributed by atoms with Crippen LogP contribution in [0.1, 0.15) is 53.4 Å². The maximum Gasteiger partial charge on any atom is 0.302 e. The van der Waals surface area contributed by atoms with Crippen molar-refractivity contribution in [3.8, 4) is 0 Å². The van der Waals surface area contributed by atoms with Crippen LogP contribution in [0.15, 0.2) is 0 Å². The van der Waals surface area contributed by atoms with E-state index in [9.17, 15) is 4.79 Å². The van der Waals surface area contributed by atoms with Gasteiger partial charge in [0.25, 0.3) is 0 Å². The number of rotatable bonds is 1. The molecule has 0 aromatic rings. The van der Waals surface area contributed by atoms with Gasteiger partial charge in [-0.15, -0.1) is 0 Å². The van der Waals surface area contributed by atoms with Crippen LogP contribution in [-0.4, -0.2) is 12.1 Å². The van der Waals surface area contributed by atoms with E-state index in [-0.39, 0.29) is 17.5 Å². The molecule has 2 aliphatic carbocycles. The Morgan fingerprint density at radius 2 is 1.93 bits per heavy atom. The van der Waals surface area contributed by atoms with Gasteiger partial charge in [0.1, 0.15) is 6.10 Å². The number of ether oxygens (including phenoxy) is 1.